The fourth-order valence-corrected chi connectivity index (χ4v) is 4.45. The lowest BCUT2D eigenvalue weighted by molar-refractivity contribution is -0.246. The van der Waals surface area contributed by atoms with Crippen LogP contribution in [0.25, 0.3) is 0 Å². The summed E-state index contributed by atoms with van der Waals surface area (Å²) < 4.78 is 18.0. The molecule has 0 bridgehead atoms. The highest BCUT2D eigenvalue weighted by Gasteiger charge is 2.62. The highest BCUT2D eigenvalue weighted by molar-refractivity contribution is 5.79. The van der Waals surface area contributed by atoms with Crippen LogP contribution in [-0.2, 0) is 26.5 Å². The number of benzene rings is 1. The maximum atomic E-state index is 11.7. The van der Waals surface area contributed by atoms with Gasteiger partial charge >= 0.3 is 0 Å². The molecule has 0 radical (unpaired) electrons. The van der Waals surface area contributed by atoms with Crippen molar-refractivity contribution in [2.24, 2.45) is 5.41 Å². The number of rotatable bonds is 2. The number of Topliss-reactive ketones (excluding diaryl/α,β-unsaturated/α-hetero) is 1. The average Bonchev–Trinajstić information content (AvgIpc) is 3.10. The lowest BCUT2D eigenvalue weighted by Crippen LogP contribution is -2.46. The molecule has 4 nitrogen and oxygen atoms in total. The molecular weight excluding hydrogens is 280 g/mol. The van der Waals surface area contributed by atoms with Crippen molar-refractivity contribution in [2.75, 3.05) is 19.8 Å². The summed E-state index contributed by atoms with van der Waals surface area (Å²) in [5, 5.41) is 0. The van der Waals surface area contributed by atoms with E-state index in [1.807, 2.05) is 13.0 Å². The Morgan fingerprint density at radius 3 is 2.59 bits per heavy atom. The molecule has 1 saturated carbocycles. The van der Waals surface area contributed by atoms with Crippen LogP contribution in [0.5, 0.6) is 5.75 Å². The summed E-state index contributed by atoms with van der Waals surface area (Å²) in [6.07, 6.45) is 3.90. The van der Waals surface area contributed by atoms with Crippen molar-refractivity contribution < 1.29 is 19.0 Å². The Labute approximate surface area is 130 Å². The summed E-state index contributed by atoms with van der Waals surface area (Å²) in [6.45, 7) is 3.91. The first kappa shape index (κ1) is 14.2. The van der Waals surface area contributed by atoms with Crippen LogP contribution in [0.3, 0.4) is 0 Å². The minimum Gasteiger partial charge on any atom is -0.494 e. The molecule has 0 atom stereocenters. The molecule has 118 valence electrons. The van der Waals surface area contributed by atoms with Crippen LogP contribution in [0.15, 0.2) is 18.2 Å². The fraction of sp³-hybridized carbons (Fsp3) is 0.611. The van der Waals surface area contributed by atoms with Crippen molar-refractivity contribution in [2.45, 2.75) is 44.8 Å². The molecule has 1 aromatic carbocycles. The Hall–Kier alpha value is -1.39. The molecular formula is C18H22O4. The van der Waals surface area contributed by atoms with Gasteiger partial charge in [0.2, 0.25) is 5.79 Å². The summed E-state index contributed by atoms with van der Waals surface area (Å²) in [7, 11) is 0. The van der Waals surface area contributed by atoms with E-state index in [2.05, 4.69) is 12.1 Å². The summed E-state index contributed by atoms with van der Waals surface area (Å²) >= 11 is 0. The third kappa shape index (κ3) is 1.87. The molecule has 2 aliphatic carbocycles. The minimum absolute atomic E-state index is 0.0927. The molecule has 3 aliphatic rings. The zero-order chi connectivity index (χ0) is 15.2. The molecule has 0 N–H and O–H groups in total. The van der Waals surface area contributed by atoms with Crippen LogP contribution in [0.4, 0.5) is 0 Å². The molecule has 1 aliphatic heterocycles. The zero-order valence-corrected chi connectivity index (χ0v) is 13.0. The molecule has 1 heterocycles. The van der Waals surface area contributed by atoms with Crippen LogP contribution in [-0.4, -0.2) is 25.6 Å². The van der Waals surface area contributed by atoms with Gasteiger partial charge in [-0.3, -0.25) is 4.79 Å². The minimum atomic E-state index is -0.645. The quantitative estimate of drug-likeness (QED) is 0.842. The predicted molar refractivity (Wildman–Crippen MR) is 80.8 cm³/mol. The van der Waals surface area contributed by atoms with Crippen LogP contribution < -0.4 is 4.74 Å². The number of hydrogen-bond acceptors (Lipinski definition) is 4. The van der Waals surface area contributed by atoms with E-state index < -0.39 is 5.79 Å². The topological polar surface area (TPSA) is 44.8 Å². The first-order valence-electron chi connectivity index (χ1n) is 8.25. The second-order valence-corrected chi connectivity index (χ2v) is 6.56. The second-order valence-electron chi connectivity index (χ2n) is 6.56. The van der Waals surface area contributed by atoms with E-state index in [4.69, 9.17) is 14.2 Å². The molecule has 4 rings (SSSR count). The first-order chi connectivity index (χ1) is 10.7. The molecule has 22 heavy (non-hydrogen) atoms. The Morgan fingerprint density at radius 1 is 1.18 bits per heavy atom. The van der Waals surface area contributed by atoms with Gasteiger partial charge in [0.1, 0.15) is 11.5 Å². The van der Waals surface area contributed by atoms with Gasteiger partial charge in [0.05, 0.1) is 19.8 Å². The van der Waals surface area contributed by atoms with Crippen molar-refractivity contribution in [3.63, 3.8) is 0 Å². The van der Waals surface area contributed by atoms with Gasteiger partial charge in [-0.05, 0) is 49.9 Å². The van der Waals surface area contributed by atoms with Crippen molar-refractivity contribution in [3.8, 4) is 5.75 Å². The molecule has 2 spiro atoms. The standard InChI is InChI=1S/C18H22O4/c1-2-20-15-3-4-16-13(11-15)12-17(7-5-14(19)6-8-17)18(16)21-9-10-22-18/h3-4,11H,2,5-10,12H2,1H3. The van der Waals surface area contributed by atoms with Crippen LogP contribution in [0.1, 0.15) is 43.7 Å². The largest absolute Gasteiger partial charge is 0.494 e. The summed E-state index contributed by atoms with van der Waals surface area (Å²) in [4.78, 5) is 11.7. The summed E-state index contributed by atoms with van der Waals surface area (Å²) in [6, 6.07) is 6.22. The van der Waals surface area contributed by atoms with Crippen molar-refractivity contribution in [1.82, 2.24) is 0 Å². The van der Waals surface area contributed by atoms with Gasteiger partial charge in [-0.15, -0.1) is 0 Å². The van der Waals surface area contributed by atoms with E-state index in [0.717, 1.165) is 30.6 Å². The van der Waals surface area contributed by atoms with Crippen molar-refractivity contribution >= 4 is 5.78 Å². The van der Waals surface area contributed by atoms with Gasteiger partial charge in [-0.1, -0.05) is 0 Å². The van der Waals surface area contributed by atoms with Crippen molar-refractivity contribution in [1.29, 1.82) is 0 Å². The SMILES string of the molecule is CCOc1ccc2c(c1)CC1(CCC(=O)CC1)C21OCCO1. The number of hydrogen-bond donors (Lipinski definition) is 0. The number of ether oxygens (including phenoxy) is 3. The molecule has 0 aromatic heterocycles. The van der Waals surface area contributed by atoms with E-state index in [1.165, 1.54) is 5.56 Å². The molecule has 4 heteroatoms. The Bertz CT molecular complexity index is 591. The smallest absolute Gasteiger partial charge is 0.201 e. The summed E-state index contributed by atoms with van der Waals surface area (Å²) in [5.41, 5.74) is 2.30. The predicted octanol–water partition coefficient (Wildman–Crippen LogP) is 2.97. The second kappa shape index (κ2) is 5.07. The third-order valence-corrected chi connectivity index (χ3v) is 5.43. The highest BCUT2D eigenvalue weighted by Crippen LogP contribution is 2.61. The van der Waals surface area contributed by atoms with Gasteiger partial charge in [-0.2, -0.15) is 0 Å². The molecule has 1 saturated heterocycles. The van der Waals surface area contributed by atoms with Gasteiger partial charge in [0.25, 0.3) is 0 Å². The molecule has 1 aromatic rings. The first-order valence-corrected chi connectivity index (χ1v) is 8.25. The lowest BCUT2D eigenvalue weighted by atomic mass is 9.68. The average molecular weight is 302 g/mol. The molecule has 0 unspecified atom stereocenters. The number of carbonyl (C=O) groups excluding carboxylic acids is 1. The maximum Gasteiger partial charge on any atom is 0.201 e. The zero-order valence-electron chi connectivity index (χ0n) is 13.0. The third-order valence-electron chi connectivity index (χ3n) is 5.43. The Kier molecular flexibility index (Phi) is 3.27. The number of fused-ring (bicyclic) bond motifs is 3. The maximum absolute atomic E-state index is 11.7. The Balaban J connectivity index is 1.77. The van der Waals surface area contributed by atoms with Gasteiger partial charge in [0, 0.05) is 23.8 Å². The van der Waals surface area contributed by atoms with Crippen LogP contribution >= 0.6 is 0 Å². The molecule has 0 amide bonds. The summed E-state index contributed by atoms with van der Waals surface area (Å²) in [5.74, 6) is 0.622. The van der Waals surface area contributed by atoms with Crippen molar-refractivity contribution in [3.05, 3.63) is 29.3 Å². The fourth-order valence-electron chi connectivity index (χ4n) is 4.45. The van der Waals surface area contributed by atoms with E-state index in [9.17, 15) is 4.79 Å². The number of ketones is 1. The lowest BCUT2D eigenvalue weighted by Gasteiger charge is -2.44. The van der Waals surface area contributed by atoms with Gasteiger partial charge in [0.15, 0.2) is 0 Å². The normalized spacial score (nSPS) is 24.9. The monoisotopic (exact) mass is 302 g/mol. The van der Waals surface area contributed by atoms with Gasteiger partial charge in [-0.25, -0.2) is 0 Å². The Morgan fingerprint density at radius 2 is 1.91 bits per heavy atom. The van der Waals surface area contributed by atoms with Crippen LogP contribution in [0.2, 0.25) is 0 Å². The van der Waals surface area contributed by atoms with E-state index in [0.29, 0.717) is 38.4 Å². The van der Waals surface area contributed by atoms with E-state index in [1.54, 1.807) is 0 Å². The molecule has 2 fully saturated rings. The highest BCUT2D eigenvalue weighted by atomic mass is 16.7. The van der Waals surface area contributed by atoms with Crippen LogP contribution in [0, 0.1) is 5.41 Å². The number of carbonyl (C=O) groups is 1. The van der Waals surface area contributed by atoms with E-state index >= 15 is 0 Å². The van der Waals surface area contributed by atoms with E-state index in [-0.39, 0.29) is 5.41 Å². The van der Waals surface area contributed by atoms with Gasteiger partial charge < -0.3 is 14.2 Å².